The van der Waals surface area contributed by atoms with E-state index in [1.807, 2.05) is 19.1 Å². The SMILES string of the molecule is Cc1ccc(S(=O)(=O)N2CCN(C(=O)Nc3ccc(Br)cc3)CC2)cc1. The van der Waals surface area contributed by atoms with Gasteiger partial charge in [0.2, 0.25) is 10.0 Å². The zero-order valence-electron chi connectivity index (χ0n) is 14.4. The predicted molar refractivity (Wildman–Crippen MR) is 105 cm³/mol. The van der Waals surface area contributed by atoms with Crippen LogP contribution in [0, 0.1) is 6.92 Å². The standard InChI is InChI=1S/C18H20BrN3O3S/c1-14-2-8-17(9-3-14)26(24,25)22-12-10-21(11-13-22)18(23)20-16-6-4-15(19)5-7-16/h2-9H,10-13H2,1H3,(H,20,23). The lowest BCUT2D eigenvalue weighted by Gasteiger charge is -2.34. The normalized spacial score (nSPS) is 15.7. The Balaban J connectivity index is 1.60. The van der Waals surface area contributed by atoms with E-state index in [9.17, 15) is 13.2 Å². The number of aryl methyl sites for hydroxylation is 1. The highest BCUT2D eigenvalue weighted by molar-refractivity contribution is 9.10. The number of nitrogens with zero attached hydrogens (tertiary/aromatic N) is 2. The number of carbonyl (C=O) groups is 1. The molecule has 1 saturated heterocycles. The van der Waals surface area contributed by atoms with Crippen molar-refractivity contribution in [2.75, 3.05) is 31.5 Å². The molecule has 0 aromatic heterocycles. The molecule has 0 saturated carbocycles. The number of anilines is 1. The molecular weight excluding hydrogens is 418 g/mol. The lowest BCUT2D eigenvalue weighted by molar-refractivity contribution is 0.184. The molecule has 1 N–H and O–H groups in total. The van der Waals surface area contributed by atoms with Crippen molar-refractivity contribution >= 4 is 37.7 Å². The summed E-state index contributed by atoms with van der Waals surface area (Å²) in [4.78, 5) is 14.3. The van der Waals surface area contributed by atoms with Crippen LogP contribution in [0.5, 0.6) is 0 Å². The third-order valence-electron chi connectivity index (χ3n) is 4.28. The van der Waals surface area contributed by atoms with Crippen molar-refractivity contribution < 1.29 is 13.2 Å². The fourth-order valence-electron chi connectivity index (χ4n) is 2.73. The first kappa shape index (κ1) is 18.9. The minimum atomic E-state index is -3.52. The number of sulfonamides is 1. The number of halogens is 1. The highest BCUT2D eigenvalue weighted by Crippen LogP contribution is 2.19. The molecule has 2 aromatic carbocycles. The molecule has 0 bridgehead atoms. The Morgan fingerprint density at radius 2 is 1.54 bits per heavy atom. The van der Waals surface area contributed by atoms with Crippen molar-refractivity contribution in [1.29, 1.82) is 0 Å². The van der Waals surface area contributed by atoms with Gasteiger partial charge < -0.3 is 10.2 Å². The van der Waals surface area contributed by atoms with E-state index in [1.54, 1.807) is 41.3 Å². The second-order valence-corrected chi connectivity index (χ2v) is 8.99. The monoisotopic (exact) mass is 437 g/mol. The van der Waals surface area contributed by atoms with E-state index in [-0.39, 0.29) is 24.0 Å². The van der Waals surface area contributed by atoms with E-state index in [4.69, 9.17) is 0 Å². The molecule has 2 aromatic rings. The molecule has 26 heavy (non-hydrogen) atoms. The third-order valence-corrected chi connectivity index (χ3v) is 6.72. The number of hydrogen-bond donors (Lipinski definition) is 1. The first-order valence-electron chi connectivity index (χ1n) is 8.24. The van der Waals surface area contributed by atoms with Gasteiger partial charge in [0.25, 0.3) is 0 Å². The average molecular weight is 438 g/mol. The number of nitrogens with one attached hydrogen (secondary N) is 1. The third kappa shape index (κ3) is 4.25. The van der Waals surface area contributed by atoms with Crippen LogP contribution in [-0.4, -0.2) is 49.8 Å². The van der Waals surface area contributed by atoms with Crippen molar-refractivity contribution in [3.8, 4) is 0 Å². The first-order chi connectivity index (χ1) is 12.4. The Morgan fingerprint density at radius 1 is 0.962 bits per heavy atom. The molecule has 0 radical (unpaired) electrons. The molecule has 6 nitrogen and oxygen atoms in total. The number of carbonyl (C=O) groups excluding carboxylic acids is 1. The average Bonchev–Trinajstić information content (AvgIpc) is 2.64. The fourth-order valence-corrected chi connectivity index (χ4v) is 4.41. The van der Waals surface area contributed by atoms with Gasteiger partial charge in [-0.3, -0.25) is 0 Å². The van der Waals surface area contributed by atoms with Crippen molar-refractivity contribution in [2.24, 2.45) is 0 Å². The second-order valence-electron chi connectivity index (χ2n) is 6.14. The summed E-state index contributed by atoms with van der Waals surface area (Å²) in [6.45, 7) is 3.19. The van der Waals surface area contributed by atoms with Gasteiger partial charge >= 0.3 is 6.03 Å². The largest absolute Gasteiger partial charge is 0.322 e. The molecular formula is C18H20BrN3O3S. The summed E-state index contributed by atoms with van der Waals surface area (Å²) in [5, 5.41) is 2.83. The smallest absolute Gasteiger partial charge is 0.321 e. The number of hydrogen-bond acceptors (Lipinski definition) is 3. The van der Waals surface area contributed by atoms with E-state index in [0.717, 1.165) is 10.0 Å². The number of benzene rings is 2. The molecule has 138 valence electrons. The van der Waals surface area contributed by atoms with Gasteiger partial charge in [-0.1, -0.05) is 33.6 Å². The van der Waals surface area contributed by atoms with E-state index < -0.39 is 10.0 Å². The van der Waals surface area contributed by atoms with Crippen LogP contribution in [0.3, 0.4) is 0 Å². The minimum Gasteiger partial charge on any atom is -0.322 e. The molecule has 1 aliphatic heterocycles. The summed E-state index contributed by atoms with van der Waals surface area (Å²) in [5.74, 6) is 0. The molecule has 1 fully saturated rings. The molecule has 0 unspecified atom stereocenters. The van der Waals surface area contributed by atoms with Gasteiger partial charge in [0, 0.05) is 36.3 Å². The fraction of sp³-hybridized carbons (Fsp3) is 0.278. The summed E-state index contributed by atoms with van der Waals surface area (Å²) in [6.07, 6.45) is 0. The van der Waals surface area contributed by atoms with Gasteiger partial charge in [-0.25, -0.2) is 13.2 Å². The number of amides is 2. The van der Waals surface area contributed by atoms with Crippen molar-refractivity contribution in [3.63, 3.8) is 0 Å². The van der Waals surface area contributed by atoms with Crippen LogP contribution in [0.1, 0.15) is 5.56 Å². The van der Waals surface area contributed by atoms with E-state index in [2.05, 4.69) is 21.2 Å². The first-order valence-corrected chi connectivity index (χ1v) is 10.5. The number of rotatable bonds is 3. The zero-order valence-corrected chi connectivity index (χ0v) is 16.8. The van der Waals surface area contributed by atoms with Gasteiger partial charge in [-0.2, -0.15) is 4.31 Å². The Bertz CT molecular complexity index is 875. The van der Waals surface area contributed by atoms with E-state index in [0.29, 0.717) is 18.8 Å². The van der Waals surface area contributed by atoms with Crippen molar-refractivity contribution in [3.05, 3.63) is 58.6 Å². The summed E-state index contributed by atoms with van der Waals surface area (Å²) < 4.78 is 27.8. The topological polar surface area (TPSA) is 69.7 Å². The Kier molecular flexibility index (Phi) is 5.64. The summed E-state index contributed by atoms with van der Waals surface area (Å²) >= 11 is 3.35. The second kappa shape index (κ2) is 7.77. The Labute approximate surface area is 162 Å². The van der Waals surface area contributed by atoms with Crippen LogP contribution in [0.2, 0.25) is 0 Å². The van der Waals surface area contributed by atoms with Gasteiger partial charge in [-0.15, -0.1) is 0 Å². The van der Waals surface area contributed by atoms with E-state index in [1.165, 1.54) is 4.31 Å². The Hall–Kier alpha value is -1.90. The molecule has 3 rings (SSSR count). The summed E-state index contributed by atoms with van der Waals surface area (Å²) in [6, 6.07) is 13.9. The van der Waals surface area contributed by atoms with E-state index >= 15 is 0 Å². The predicted octanol–water partition coefficient (Wildman–Crippen LogP) is 3.30. The molecule has 0 atom stereocenters. The highest BCUT2D eigenvalue weighted by Gasteiger charge is 2.30. The molecule has 0 spiro atoms. The lowest BCUT2D eigenvalue weighted by Crippen LogP contribution is -2.51. The molecule has 1 aliphatic rings. The maximum absolute atomic E-state index is 12.7. The maximum Gasteiger partial charge on any atom is 0.321 e. The highest BCUT2D eigenvalue weighted by atomic mass is 79.9. The molecule has 0 aliphatic carbocycles. The number of piperazine rings is 1. The Morgan fingerprint density at radius 3 is 2.12 bits per heavy atom. The molecule has 8 heteroatoms. The van der Waals surface area contributed by atoms with Gasteiger partial charge in [0.15, 0.2) is 0 Å². The van der Waals surface area contributed by atoms with Crippen LogP contribution >= 0.6 is 15.9 Å². The minimum absolute atomic E-state index is 0.222. The summed E-state index contributed by atoms with van der Waals surface area (Å²) in [5.41, 5.74) is 1.71. The maximum atomic E-state index is 12.7. The lowest BCUT2D eigenvalue weighted by atomic mass is 10.2. The number of urea groups is 1. The van der Waals surface area contributed by atoms with Crippen LogP contribution in [-0.2, 0) is 10.0 Å². The van der Waals surface area contributed by atoms with Crippen LogP contribution in [0.25, 0.3) is 0 Å². The zero-order chi connectivity index (χ0) is 18.7. The summed E-state index contributed by atoms with van der Waals surface area (Å²) in [7, 11) is -3.52. The van der Waals surface area contributed by atoms with Crippen LogP contribution < -0.4 is 5.32 Å². The van der Waals surface area contributed by atoms with Crippen LogP contribution in [0.4, 0.5) is 10.5 Å². The quantitative estimate of drug-likeness (QED) is 0.800. The van der Waals surface area contributed by atoms with Crippen molar-refractivity contribution in [1.82, 2.24) is 9.21 Å². The van der Waals surface area contributed by atoms with Crippen molar-refractivity contribution in [2.45, 2.75) is 11.8 Å². The van der Waals surface area contributed by atoms with Gasteiger partial charge in [0.1, 0.15) is 0 Å². The van der Waals surface area contributed by atoms with Gasteiger partial charge in [-0.05, 0) is 43.3 Å². The molecule has 2 amide bonds. The van der Waals surface area contributed by atoms with Crippen LogP contribution in [0.15, 0.2) is 57.9 Å². The van der Waals surface area contributed by atoms with Gasteiger partial charge in [0.05, 0.1) is 4.90 Å². The molecule has 1 heterocycles.